The minimum atomic E-state index is -4.15. The van der Waals surface area contributed by atoms with Crippen LogP contribution in [0.15, 0.2) is 82.6 Å². The molecule has 1 unspecified atom stereocenters. The van der Waals surface area contributed by atoms with Crippen LogP contribution in [0.1, 0.15) is 45.2 Å². The molecule has 10 heteroatoms. The maximum atomic E-state index is 14.2. The Labute approximate surface area is 260 Å². The van der Waals surface area contributed by atoms with Crippen LogP contribution in [0.4, 0.5) is 5.69 Å². The number of benzene rings is 3. The van der Waals surface area contributed by atoms with Gasteiger partial charge in [-0.1, -0.05) is 45.0 Å². The number of ether oxygens (including phenoxy) is 1. The molecule has 3 rings (SSSR count). The number of thioether (sulfide) groups is 1. The summed E-state index contributed by atoms with van der Waals surface area (Å²) in [4.78, 5) is 30.1. The lowest BCUT2D eigenvalue weighted by atomic mass is 10.1. The van der Waals surface area contributed by atoms with Crippen LogP contribution in [0.3, 0.4) is 0 Å². The van der Waals surface area contributed by atoms with E-state index in [1.165, 1.54) is 16.7 Å². The smallest absolute Gasteiger partial charge is 0.264 e. The van der Waals surface area contributed by atoms with Crippen molar-refractivity contribution in [1.82, 2.24) is 10.2 Å². The Kier molecular flexibility index (Phi) is 12.5. The monoisotopic (exact) mass is 625 g/mol. The second kappa shape index (κ2) is 15.8. The van der Waals surface area contributed by atoms with Crippen LogP contribution in [0.5, 0.6) is 5.75 Å². The van der Waals surface area contributed by atoms with Crippen LogP contribution in [-0.2, 0) is 26.2 Å². The predicted octanol–water partition coefficient (Wildman–Crippen LogP) is 5.89. The van der Waals surface area contributed by atoms with E-state index in [4.69, 9.17) is 4.74 Å². The molecular weight excluding hydrogens is 583 g/mol. The van der Waals surface area contributed by atoms with E-state index >= 15 is 0 Å². The van der Waals surface area contributed by atoms with E-state index in [9.17, 15) is 18.0 Å². The SMILES string of the molecule is CCOc1ccc(N(CC(=O)N(Cc2ccccc2C)C(CC)C(=O)NCC(C)C)S(=O)(=O)c2ccc(SC)cc2)cc1. The molecule has 43 heavy (non-hydrogen) atoms. The third-order valence-corrected chi connectivity index (χ3v) is 9.57. The molecule has 232 valence electrons. The van der Waals surface area contributed by atoms with Gasteiger partial charge >= 0.3 is 0 Å². The molecule has 1 atom stereocenters. The fraction of sp³-hybridized carbons (Fsp3) is 0.394. The number of hydrogen-bond acceptors (Lipinski definition) is 6. The lowest BCUT2D eigenvalue weighted by molar-refractivity contribution is -0.140. The molecule has 0 aromatic heterocycles. The van der Waals surface area contributed by atoms with Crippen LogP contribution in [-0.4, -0.2) is 57.1 Å². The summed E-state index contributed by atoms with van der Waals surface area (Å²) in [6.45, 7) is 10.3. The quantitative estimate of drug-likeness (QED) is 0.212. The Balaban J connectivity index is 2.06. The number of hydrogen-bond donors (Lipinski definition) is 1. The summed E-state index contributed by atoms with van der Waals surface area (Å²) in [5.41, 5.74) is 2.18. The number of aryl methyl sites for hydroxylation is 1. The van der Waals surface area contributed by atoms with E-state index in [1.807, 2.05) is 65.1 Å². The van der Waals surface area contributed by atoms with Gasteiger partial charge in [0.05, 0.1) is 17.2 Å². The van der Waals surface area contributed by atoms with Crippen molar-refractivity contribution < 1.29 is 22.7 Å². The summed E-state index contributed by atoms with van der Waals surface area (Å²) < 4.78 is 34.9. The van der Waals surface area contributed by atoms with Crippen molar-refractivity contribution in [1.29, 1.82) is 0 Å². The van der Waals surface area contributed by atoms with Gasteiger partial charge in [-0.2, -0.15) is 0 Å². The number of anilines is 1. The summed E-state index contributed by atoms with van der Waals surface area (Å²) >= 11 is 1.51. The van der Waals surface area contributed by atoms with Crippen LogP contribution < -0.4 is 14.4 Å². The molecule has 0 aliphatic rings. The van der Waals surface area contributed by atoms with Gasteiger partial charge in [-0.15, -0.1) is 11.8 Å². The van der Waals surface area contributed by atoms with E-state index in [1.54, 1.807) is 48.5 Å². The van der Waals surface area contributed by atoms with Gasteiger partial charge in [0, 0.05) is 18.0 Å². The molecule has 3 aromatic carbocycles. The molecule has 2 amide bonds. The van der Waals surface area contributed by atoms with E-state index in [0.717, 1.165) is 20.3 Å². The average Bonchev–Trinajstić information content (AvgIpc) is 3.00. The molecule has 0 spiro atoms. The molecule has 0 radical (unpaired) electrons. The van der Waals surface area contributed by atoms with Gasteiger partial charge in [0.1, 0.15) is 18.3 Å². The standard InChI is InChI=1S/C33H43N3O5S2/c1-7-31(33(38)34-21-24(3)4)35(22-26-12-10-9-11-25(26)5)32(37)23-36(27-13-15-28(16-14-27)41-8-2)43(39,40)30-19-17-29(42-6)18-20-30/h9-20,24,31H,7-8,21-23H2,1-6H3,(H,34,38). The van der Waals surface area contributed by atoms with Crippen LogP contribution in [0, 0.1) is 12.8 Å². The first-order valence-corrected chi connectivity index (χ1v) is 17.2. The van der Waals surface area contributed by atoms with Crippen molar-refractivity contribution in [3.8, 4) is 5.75 Å². The molecule has 1 N–H and O–H groups in total. The van der Waals surface area contributed by atoms with Crippen molar-refractivity contribution in [3.05, 3.63) is 83.9 Å². The normalized spacial score (nSPS) is 12.1. The fourth-order valence-corrected chi connectivity index (χ4v) is 6.41. The number of nitrogens with zero attached hydrogens (tertiary/aromatic N) is 2. The Morgan fingerprint density at radius 3 is 2.16 bits per heavy atom. The third-order valence-electron chi connectivity index (χ3n) is 7.03. The average molecular weight is 626 g/mol. The second-order valence-electron chi connectivity index (χ2n) is 10.6. The van der Waals surface area contributed by atoms with E-state index in [0.29, 0.717) is 31.0 Å². The number of nitrogens with one attached hydrogen (secondary N) is 1. The van der Waals surface area contributed by atoms with Crippen molar-refractivity contribution in [3.63, 3.8) is 0 Å². The molecule has 0 fully saturated rings. The number of carbonyl (C=O) groups is 2. The number of carbonyl (C=O) groups excluding carboxylic acids is 2. The van der Waals surface area contributed by atoms with Crippen molar-refractivity contribution in [2.45, 2.75) is 63.4 Å². The zero-order valence-corrected chi connectivity index (χ0v) is 27.5. The van der Waals surface area contributed by atoms with Gasteiger partial charge in [0.2, 0.25) is 11.8 Å². The van der Waals surface area contributed by atoms with Crippen LogP contribution in [0.2, 0.25) is 0 Å². The van der Waals surface area contributed by atoms with E-state index in [2.05, 4.69) is 5.32 Å². The minimum absolute atomic E-state index is 0.0687. The van der Waals surface area contributed by atoms with Gasteiger partial charge in [0.15, 0.2) is 0 Å². The predicted molar refractivity (Wildman–Crippen MR) is 174 cm³/mol. The molecule has 0 heterocycles. The van der Waals surface area contributed by atoms with E-state index < -0.39 is 28.5 Å². The highest BCUT2D eigenvalue weighted by molar-refractivity contribution is 7.98. The van der Waals surface area contributed by atoms with Crippen LogP contribution >= 0.6 is 11.8 Å². The zero-order valence-electron chi connectivity index (χ0n) is 25.9. The van der Waals surface area contributed by atoms with Crippen molar-refractivity contribution in [2.75, 3.05) is 30.3 Å². The molecule has 0 bridgehead atoms. The van der Waals surface area contributed by atoms with Crippen molar-refractivity contribution in [2.24, 2.45) is 5.92 Å². The lowest BCUT2D eigenvalue weighted by Gasteiger charge is -2.33. The Hall–Kier alpha value is -3.50. The first-order valence-electron chi connectivity index (χ1n) is 14.5. The Morgan fingerprint density at radius 1 is 0.953 bits per heavy atom. The number of amides is 2. The molecular formula is C33H43N3O5S2. The van der Waals surface area contributed by atoms with Gasteiger partial charge < -0.3 is 15.0 Å². The highest BCUT2D eigenvalue weighted by Crippen LogP contribution is 2.28. The molecule has 0 saturated carbocycles. The van der Waals surface area contributed by atoms with Gasteiger partial charge in [-0.3, -0.25) is 13.9 Å². The summed E-state index contributed by atoms with van der Waals surface area (Å²) in [6, 6.07) is 20.1. The zero-order chi connectivity index (χ0) is 31.6. The highest BCUT2D eigenvalue weighted by Gasteiger charge is 2.34. The molecule has 0 aliphatic heterocycles. The Morgan fingerprint density at radius 2 is 1.60 bits per heavy atom. The topological polar surface area (TPSA) is 96.0 Å². The third kappa shape index (κ3) is 9.00. The maximum absolute atomic E-state index is 14.2. The summed E-state index contributed by atoms with van der Waals surface area (Å²) in [5, 5.41) is 2.96. The maximum Gasteiger partial charge on any atom is 0.264 e. The van der Waals surface area contributed by atoms with E-state index in [-0.39, 0.29) is 23.3 Å². The highest BCUT2D eigenvalue weighted by atomic mass is 32.2. The van der Waals surface area contributed by atoms with Crippen molar-refractivity contribution >= 4 is 39.3 Å². The lowest BCUT2D eigenvalue weighted by Crippen LogP contribution is -2.52. The summed E-state index contributed by atoms with van der Waals surface area (Å²) in [7, 11) is -4.15. The second-order valence-corrected chi connectivity index (χ2v) is 13.4. The minimum Gasteiger partial charge on any atom is -0.494 e. The van der Waals surface area contributed by atoms with Gasteiger partial charge in [0.25, 0.3) is 10.0 Å². The molecule has 3 aromatic rings. The number of rotatable bonds is 15. The fourth-order valence-electron chi connectivity index (χ4n) is 4.59. The first-order chi connectivity index (χ1) is 20.5. The van der Waals surface area contributed by atoms with Gasteiger partial charge in [-0.25, -0.2) is 8.42 Å². The Bertz CT molecular complexity index is 1460. The largest absolute Gasteiger partial charge is 0.494 e. The first kappa shape index (κ1) is 34.0. The molecule has 8 nitrogen and oxygen atoms in total. The van der Waals surface area contributed by atoms with Crippen LogP contribution in [0.25, 0.3) is 0 Å². The molecule has 0 saturated heterocycles. The van der Waals surface area contributed by atoms with Gasteiger partial charge in [-0.05, 0) is 92.1 Å². The molecule has 0 aliphatic carbocycles. The summed E-state index contributed by atoms with van der Waals surface area (Å²) in [5.74, 6) is 0.0855. The summed E-state index contributed by atoms with van der Waals surface area (Å²) in [6.07, 6.45) is 2.28. The number of sulfonamides is 1.